The number of carbonyl (C=O) groups excluding carboxylic acids is 1. The molecule has 23 heavy (non-hydrogen) atoms. The van der Waals surface area contributed by atoms with E-state index in [0.29, 0.717) is 28.0 Å². The third-order valence-electron chi connectivity index (χ3n) is 3.20. The third kappa shape index (κ3) is 3.11. The molecule has 0 fully saturated rings. The maximum atomic E-state index is 12.3. The molecule has 2 aromatic heterocycles. The third-order valence-corrected chi connectivity index (χ3v) is 3.41. The Kier molecular flexibility index (Phi) is 3.90. The zero-order valence-corrected chi connectivity index (χ0v) is 12.9. The molecule has 3 aromatic rings. The van der Waals surface area contributed by atoms with E-state index in [0.717, 1.165) is 0 Å². The lowest BCUT2D eigenvalue weighted by atomic mass is 10.1. The van der Waals surface area contributed by atoms with E-state index in [1.54, 1.807) is 30.3 Å². The van der Waals surface area contributed by atoms with E-state index in [1.165, 1.54) is 13.3 Å². The SMILES string of the molecule is COc1ccc(NC(=O)c2ccc3c(=O)[nH]c(=S)[nH]c3c2)cn1. The van der Waals surface area contributed by atoms with Crippen molar-refractivity contribution in [2.75, 3.05) is 12.4 Å². The van der Waals surface area contributed by atoms with Crippen molar-refractivity contribution in [1.29, 1.82) is 0 Å². The van der Waals surface area contributed by atoms with Gasteiger partial charge in [0.2, 0.25) is 5.88 Å². The van der Waals surface area contributed by atoms with Gasteiger partial charge in [-0.05, 0) is 36.5 Å². The zero-order chi connectivity index (χ0) is 16.4. The number of nitrogens with one attached hydrogen (secondary N) is 3. The van der Waals surface area contributed by atoms with Gasteiger partial charge >= 0.3 is 0 Å². The van der Waals surface area contributed by atoms with Crippen molar-refractivity contribution in [2.24, 2.45) is 0 Å². The molecule has 0 radical (unpaired) electrons. The van der Waals surface area contributed by atoms with Gasteiger partial charge in [-0.1, -0.05) is 0 Å². The van der Waals surface area contributed by atoms with Gasteiger partial charge in [-0.25, -0.2) is 4.98 Å². The summed E-state index contributed by atoms with van der Waals surface area (Å²) in [6, 6.07) is 8.05. The number of methoxy groups -OCH3 is 1. The Labute approximate surface area is 135 Å². The van der Waals surface area contributed by atoms with E-state index in [-0.39, 0.29) is 16.2 Å². The van der Waals surface area contributed by atoms with Gasteiger partial charge in [0.1, 0.15) is 0 Å². The van der Waals surface area contributed by atoms with E-state index >= 15 is 0 Å². The first-order chi connectivity index (χ1) is 11.1. The van der Waals surface area contributed by atoms with Crippen LogP contribution in [0.3, 0.4) is 0 Å². The summed E-state index contributed by atoms with van der Waals surface area (Å²) >= 11 is 4.93. The van der Waals surface area contributed by atoms with Crippen LogP contribution in [0.1, 0.15) is 10.4 Å². The van der Waals surface area contributed by atoms with E-state index in [9.17, 15) is 9.59 Å². The number of nitrogens with zero attached hydrogens (tertiary/aromatic N) is 1. The summed E-state index contributed by atoms with van der Waals surface area (Å²) < 4.78 is 5.17. The molecule has 0 saturated carbocycles. The lowest BCUT2D eigenvalue weighted by molar-refractivity contribution is 0.102. The molecule has 0 spiro atoms. The Bertz CT molecular complexity index is 992. The molecule has 3 N–H and O–H groups in total. The molecular formula is C15H12N4O3S. The number of fused-ring (bicyclic) bond motifs is 1. The Morgan fingerprint density at radius 3 is 2.78 bits per heavy atom. The fraction of sp³-hybridized carbons (Fsp3) is 0.0667. The van der Waals surface area contributed by atoms with Crippen LogP contribution in [-0.4, -0.2) is 28.0 Å². The van der Waals surface area contributed by atoms with Crippen molar-refractivity contribution in [3.05, 3.63) is 57.2 Å². The summed E-state index contributed by atoms with van der Waals surface area (Å²) in [7, 11) is 1.52. The fourth-order valence-electron chi connectivity index (χ4n) is 2.09. The molecule has 0 saturated heterocycles. The smallest absolute Gasteiger partial charge is 0.259 e. The number of carbonyl (C=O) groups is 1. The highest BCUT2D eigenvalue weighted by molar-refractivity contribution is 7.71. The number of H-pyrrole nitrogens is 2. The second-order valence-electron chi connectivity index (χ2n) is 4.71. The lowest BCUT2D eigenvalue weighted by Crippen LogP contribution is -2.13. The first kappa shape index (κ1) is 14.9. The molecule has 1 amide bonds. The monoisotopic (exact) mass is 328 g/mol. The van der Waals surface area contributed by atoms with Gasteiger partial charge in [0.05, 0.1) is 29.9 Å². The number of aromatic nitrogens is 3. The van der Waals surface area contributed by atoms with E-state index in [2.05, 4.69) is 20.3 Å². The average molecular weight is 328 g/mol. The molecule has 0 aliphatic heterocycles. The van der Waals surface area contributed by atoms with Crippen LogP contribution >= 0.6 is 12.2 Å². The Hall–Kier alpha value is -3.00. The minimum atomic E-state index is -0.321. The van der Waals surface area contributed by atoms with Gasteiger partial charge < -0.3 is 15.0 Å². The van der Waals surface area contributed by atoms with Crippen molar-refractivity contribution in [3.8, 4) is 5.88 Å². The number of rotatable bonds is 3. The maximum Gasteiger partial charge on any atom is 0.259 e. The zero-order valence-electron chi connectivity index (χ0n) is 12.0. The van der Waals surface area contributed by atoms with Crippen molar-refractivity contribution < 1.29 is 9.53 Å². The minimum absolute atomic E-state index is 0.208. The van der Waals surface area contributed by atoms with Crippen LogP contribution in [0.15, 0.2) is 41.3 Å². The molecule has 0 unspecified atom stereocenters. The quantitative estimate of drug-likeness (QED) is 0.640. The van der Waals surface area contributed by atoms with E-state index in [1.807, 2.05) is 0 Å². The van der Waals surface area contributed by atoms with Crippen LogP contribution in [-0.2, 0) is 0 Å². The van der Waals surface area contributed by atoms with Gasteiger partial charge in [0.25, 0.3) is 11.5 Å². The molecule has 7 nitrogen and oxygen atoms in total. The largest absolute Gasteiger partial charge is 0.481 e. The second-order valence-corrected chi connectivity index (χ2v) is 5.12. The number of anilines is 1. The van der Waals surface area contributed by atoms with Crippen molar-refractivity contribution in [1.82, 2.24) is 15.0 Å². The van der Waals surface area contributed by atoms with Crippen LogP contribution in [0.25, 0.3) is 10.9 Å². The van der Waals surface area contributed by atoms with Gasteiger partial charge in [-0.15, -0.1) is 0 Å². The van der Waals surface area contributed by atoms with Gasteiger partial charge in [-0.2, -0.15) is 0 Å². The highest BCUT2D eigenvalue weighted by atomic mass is 32.1. The maximum absolute atomic E-state index is 12.3. The molecular weight excluding hydrogens is 316 g/mol. The van der Waals surface area contributed by atoms with Gasteiger partial charge in [0, 0.05) is 11.6 Å². The number of hydrogen-bond acceptors (Lipinski definition) is 5. The molecule has 0 atom stereocenters. The highest BCUT2D eigenvalue weighted by Gasteiger charge is 2.09. The molecule has 2 heterocycles. The number of ether oxygens (including phenoxy) is 1. The van der Waals surface area contributed by atoms with Crippen LogP contribution < -0.4 is 15.6 Å². The predicted molar refractivity (Wildman–Crippen MR) is 88.5 cm³/mol. The molecule has 0 bridgehead atoms. The molecule has 8 heteroatoms. The topological polar surface area (TPSA) is 99.9 Å². The van der Waals surface area contributed by atoms with Crippen molar-refractivity contribution in [2.45, 2.75) is 0 Å². The Morgan fingerprint density at radius 1 is 1.26 bits per heavy atom. The van der Waals surface area contributed by atoms with Crippen LogP contribution in [0.4, 0.5) is 5.69 Å². The standard InChI is InChI=1S/C15H12N4O3S/c1-22-12-5-3-9(7-16-12)17-13(20)8-2-4-10-11(6-8)18-15(23)19-14(10)21/h2-7H,1H3,(H,17,20)(H2,18,19,21,23). The summed E-state index contributed by atoms with van der Waals surface area (Å²) in [6.45, 7) is 0. The number of pyridine rings is 1. The predicted octanol–water partition coefficient (Wildman–Crippen LogP) is 2.24. The van der Waals surface area contributed by atoms with Crippen LogP contribution in [0.5, 0.6) is 5.88 Å². The fourth-order valence-corrected chi connectivity index (χ4v) is 2.29. The number of amides is 1. The van der Waals surface area contributed by atoms with Crippen LogP contribution in [0.2, 0.25) is 0 Å². The summed E-state index contributed by atoms with van der Waals surface area (Å²) in [6.07, 6.45) is 1.50. The number of benzene rings is 1. The average Bonchev–Trinajstić information content (AvgIpc) is 2.54. The van der Waals surface area contributed by atoms with Gasteiger partial charge in [0.15, 0.2) is 4.77 Å². The summed E-state index contributed by atoms with van der Waals surface area (Å²) in [5.41, 5.74) is 1.13. The van der Waals surface area contributed by atoms with Crippen molar-refractivity contribution >= 4 is 34.7 Å². The molecule has 0 aliphatic carbocycles. The van der Waals surface area contributed by atoms with Crippen molar-refractivity contribution in [3.63, 3.8) is 0 Å². The lowest BCUT2D eigenvalue weighted by Gasteiger charge is -2.06. The molecule has 116 valence electrons. The van der Waals surface area contributed by atoms with Gasteiger partial charge in [-0.3, -0.25) is 14.6 Å². The first-order valence-electron chi connectivity index (χ1n) is 6.64. The highest BCUT2D eigenvalue weighted by Crippen LogP contribution is 2.14. The van der Waals surface area contributed by atoms with E-state index < -0.39 is 0 Å². The molecule has 3 rings (SSSR count). The summed E-state index contributed by atoms with van der Waals surface area (Å²) in [4.78, 5) is 33.4. The molecule has 0 aliphatic rings. The molecule has 1 aromatic carbocycles. The van der Waals surface area contributed by atoms with Crippen LogP contribution in [0, 0.1) is 4.77 Å². The summed E-state index contributed by atoms with van der Waals surface area (Å²) in [5, 5.41) is 3.15. The normalized spacial score (nSPS) is 10.5. The second kappa shape index (κ2) is 6.01. The minimum Gasteiger partial charge on any atom is -0.481 e. The summed E-state index contributed by atoms with van der Waals surface area (Å²) in [5.74, 6) is 0.138. The Balaban J connectivity index is 1.91. The van der Waals surface area contributed by atoms with E-state index in [4.69, 9.17) is 17.0 Å². The first-order valence-corrected chi connectivity index (χ1v) is 7.05. The Morgan fingerprint density at radius 2 is 2.09 bits per heavy atom. The number of hydrogen-bond donors (Lipinski definition) is 3. The number of aromatic amines is 2.